The van der Waals surface area contributed by atoms with E-state index >= 15 is 0 Å². The van der Waals surface area contributed by atoms with E-state index in [1.807, 2.05) is 37.3 Å². The fourth-order valence-corrected chi connectivity index (χ4v) is 6.67. The minimum absolute atomic E-state index is 0.186. The summed E-state index contributed by atoms with van der Waals surface area (Å²) in [7, 11) is -3.02. The Kier molecular flexibility index (Phi) is 5.90. The Hall–Kier alpha value is -2.65. The van der Waals surface area contributed by atoms with Gasteiger partial charge in [0.2, 0.25) is 5.91 Å². The molecule has 1 saturated heterocycles. The number of ether oxygens (including phenoxy) is 1. The largest absolute Gasteiger partial charge is 0.489 e. The molecule has 4 N–H and O–H groups in total. The van der Waals surface area contributed by atoms with Crippen molar-refractivity contribution >= 4 is 27.4 Å². The maximum absolute atomic E-state index is 11.9. The zero-order chi connectivity index (χ0) is 22.1. The summed E-state index contributed by atoms with van der Waals surface area (Å²) in [5, 5.41) is 10.0. The van der Waals surface area contributed by atoms with Crippen LogP contribution in [0, 0.1) is 6.92 Å². The molecule has 1 amide bonds. The van der Waals surface area contributed by atoms with Crippen molar-refractivity contribution in [1.29, 1.82) is 0 Å². The van der Waals surface area contributed by atoms with Gasteiger partial charge in [-0.15, -0.1) is 0 Å². The molecule has 1 unspecified atom stereocenters. The van der Waals surface area contributed by atoms with Crippen molar-refractivity contribution in [2.45, 2.75) is 37.5 Å². The predicted octanol–water partition coefficient (Wildman–Crippen LogP) is 4.76. The molecule has 8 heteroatoms. The zero-order valence-electron chi connectivity index (χ0n) is 17.2. The number of aromatic nitrogens is 1. The van der Waals surface area contributed by atoms with Gasteiger partial charge in [-0.25, -0.2) is 5.48 Å². The second-order valence-electron chi connectivity index (χ2n) is 7.93. The Morgan fingerprint density at radius 3 is 2.61 bits per heavy atom. The lowest BCUT2D eigenvalue weighted by Crippen LogP contribution is -2.35. The smallest absolute Gasteiger partial charge is 0.245 e. The van der Waals surface area contributed by atoms with E-state index in [2.05, 4.69) is 4.98 Å². The molecule has 1 aliphatic rings. The van der Waals surface area contributed by atoms with E-state index in [1.54, 1.807) is 29.7 Å². The van der Waals surface area contributed by atoms with Crippen LogP contribution in [-0.4, -0.2) is 31.0 Å². The highest BCUT2D eigenvalue weighted by Crippen LogP contribution is 2.67. The molecule has 1 fully saturated rings. The summed E-state index contributed by atoms with van der Waals surface area (Å²) in [6.07, 6.45) is 0.882. The third-order valence-corrected chi connectivity index (χ3v) is 8.60. The predicted molar refractivity (Wildman–Crippen MR) is 120 cm³/mol. The molecule has 2 heterocycles. The molecule has 0 aliphatic carbocycles. The van der Waals surface area contributed by atoms with Crippen LogP contribution >= 0.6 is 10.6 Å². The lowest BCUT2D eigenvalue weighted by atomic mass is 9.90. The van der Waals surface area contributed by atoms with Crippen LogP contribution in [0.25, 0.3) is 10.9 Å². The number of carbonyl (C=O) groups is 1. The van der Waals surface area contributed by atoms with Crippen molar-refractivity contribution in [1.82, 2.24) is 10.5 Å². The van der Waals surface area contributed by atoms with Crippen LogP contribution in [0.1, 0.15) is 36.1 Å². The quantitative estimate of drug-likeness (QED) is 0.324. The van der Waals surface area contributed by atoms with Crippen molar-refractivity contribution < 1.29 is 23.8 Å². The molecular weight excluding hydrogens is 416 g/mol. The minimum Gasteiger partial charge on any atom is -0.489 e. The van der Waals surface area contributed by atoms with Gasteiger partial charge in [0.25, 0.3) is 0 Å². The van der Waals surface area contributed by atoms with Crippen LogP contribution in [0.2, 0.25) is 0 Å². The van der Waals surface area contributed by atoms with Crippen LogP contribution in [0.4, 0.5) is 0 Å². The average Bonchev–Trinajstić information content (AvgIpc) is 3.06. The number of nitrogens with zero attached hydrogens (tertiary/aromatic N) is 1. The highest BCUT2D eigenvalue weighted by molar-refractivity contribution is 8.25. The van der Waals surface area contributed by atoms with Gasteiger partial charge in [-0.1, -0.05) is 30.3 Å². The molecule has 7 nitrogen and oxygen atoms in total. The molecule has 0 radical (unpaired) electrons. The molecule has 2 aromatic carbocycles. The van der Waals surface area contributed by atoms with E-state index in [4.69, 9.17) is 9.94 Å². The van der Waals surface area contributed by atoms with Crippen LogP contribution in [0.3, 0.4) is 0 Å². The molecule has 0 spiro atoms. The van der Waals surface area contributed by atoms with Crippen LogP contribution in [0.5, 0.6) is 5.75 Å². The summed E-state index contributed by atoms with van der Waals surface area (Å²) >= 11 is 0. The summed E-state index contributed by atoms with van der Waals surface area (Å²) in [4.78, 5) is 16.4. The number of para-hydroxylation sites is 1. The first kappa shape index (κ1) is 21.6. The number of hydrogen-bond acceptors (Lipinski definition) is 6. The molecule has 1 aliphatic heterocycles. The molecule has 0 bridgehead atoms. The normalized spacial score (nSPS) is 21.0. The minimum atomic E-state index is -3.02. The van der Waals surface area contributed by atoms with Gasteiger partial charge in [-0.2, -0.15) is 10.6 Å². The molecule has 4 rings (SSSR count). The molecule has 31 heavy (non-hydrogen) atoms. The Bertz CT molecular complexity index is 1100. The first-order valence-electron chi connectivity index (χ1n) is 10.1. The molecule has 1 atom stereocenters. The fourth-order valence-electron chi connectivity index (χ4n) is 4.39. The number of hydrogen-bond donors (Lipinski definition) is 4. The maximum atomic E-state index is 11.9. The first-order valence-corrected chi connectivity index (χ1v) is 11.8. The number of carbonyl (C=O) groups excluding carboxylic acids is 1. The summed E-state index contributed by atoms with van der Waals surface area (Å²) in [5.41, 5.74) is 5.15. The topological polar surface area (TPSA) is 112 Å². The van der Waals surface area contributed by atoms with Gasteiger partial charge in [-0.3, -0.25) is 24.1 Å². The Labute approximate surface area is 182 Å². The Morgan fingerprint density at radius 2 is 1.94 bits per heavy atom. The molecule has 3 aromatic rings. The van der Waals surface area contributed by atoms with Gasteiger partial charge >= 0.3 is 0 Å². The number of nitrogens with one attached hydrogen (secondary N) is 1. The van der Waals surface area contributed by atoms with E-state index in [9.17, 15) is 13.9 Å². The van der Waals surface area contributed by atoms with Gasteiger partial charge in [0.15, 0.2) is 0 Å². The number of amides is 1. The number of pyridine rings is 1. The third kappa shape index (κ3) is 4.12. The second-order valence-corrected chi connectivity index (χ2v) is 10.5. The van der Waals surface area contributed by atoms with Crippen LogP contribution in [-0.2, 0) is 16.1 Å². The average molecular weight is 443 g/mol. The zero-order valence-corrected chi connectivity index (χ0v) is 18.1. The van der Waals surface area contributed by atoms with E-state index < -0.39 is 21.2 Å². The van der Waals surface area contributed by atoms with E-state index in [0.717, 1.165) is 22.2 Å². The van der Waals surface area contributed by atoms with Crippen LogP contribution < -0.4 is 10.2 Å². The molecule has 164 valence electrons. The van der Waals surface area contributed by atoms with E-state index in [0.29, 0.717) is 30.8 Å². The summed E-state index contributed by atoms with van der Waals surface area (Å²) < 4.78 is 26.3. The van der Waals surface area contributed by atoms with Gasteiger partial charge in [0, 0.05) is 22.4 Å². The molecule has 1 aromatic heterocycles. The number of aryl methyl sites for hydroxylation is 1. The van der Waals surface area contributed by atoms with Gasteiger partial charge in [0.05, 0.1) is 16.7 Å². The first-order chi connectivity index (χ1) is 14.8. The van der Waals surface area contributed by atoms with Crippen molar-refractivity contribution in [3.05, 3.63) is 71.4 Å². The number of benzene rings is 2. The maximum Gasteiger partial charge on any atom is 0.245 e. The van der Waals surface area contributed by atoms with Gasteiger partial charge < -0.3 is 4.74 Å². The van der Waals surface area contributed by atoms with Gasteiger partial charge in [-0.05, 0) is 49.6 Å². The number of rotatable bonds is 6. The van der Waals surface area contributed by atoms with Crippen molar-refractivity contribution in [3.63, 3.8) is 0 Å². The van der Waals surface area contributed by atoms with Crippen molar-refractivity contribution in [3.8, 4) is 5.75 Å². The lowest BCUT2D eigenvalue weighted by Gasteiger charge is -2.45. The molecule has 0 saturated carbocycles. The van der Waals surface area contributed by atoms with Crippen LogP contribution in [0.15, 0.2) is 54.6 Å². The SMILES string of the molecule is Cc1cc(COc2ccc(C3(CC(=O)NO)CCCS3(O)O)cc2)c2ccccc2n1. The highest BCUT2D eigenvalue weighted by Gasteiger charge is 2.50. The van der Waals surface area contributed by atoms with Crippen molar-refractivity contribution in [2.24, 2.45) is 0 Å². The summed E-state index contributed by atoms with van der Waals surface area (Å²) in [6, 6.07) is 17.0. The van der Waals surface area contributed by atoms with Gasteiger partial charge in [0.1, 0.15) is 12.4 Å². The summed E-state index contributed by atoms with van der Waals surface area (Å²) in [6.45, 7) is 2.32. The van der Waals surface area contributed by atoms with E-state index in [-0.39, 0.29) is 12.2 Å². The Morgan fingerprint density at radius 1 is 1.19 bits per heavy atom. The standard InChI is InChI=1S/C23H26N2O5S/c1-16-13-17(20-5-2-3-6-21(20)24-16)15-30-19-9-7-18(8-10-19)23(14-22(26)25-27)11-4-12-31(23,28)29/h2-3,5-10,13,27-29H,4,11-12,14-15H2,1H3,(H,25,26). The monoisotopic (exact) mass is 442 g/mol. The third-order valence-electron chi connectivity index (χ3n) is 5.91. The summed E-state index contributed by atoms with van der Waals surface area (Å²) in [5.74, 6) is 0.249. The Balaban J connectivity index is 1.56. The van der Waals surface area contributed by atoms with Crippen molar-refractivity contribution in [2.75, 3.05) is 5.75 Å². The number of fused-ring (bicyclic) bond motifs is 1. The highest BCUT2D eigenvalue weighted by atomic mass is 32.3. The van der Waals surface area contributed by atoms with E-state index in [1.165, 1.54) is 0 Å². The second kappa shape index (κ2) is 8.47. The fraction of sp³-hybridized carbons (Fsp3) is 0.304. The molecular formula is C23H26N2O5S. The lowest BCUT2D eigenvalue weighted by molar-refractivity contribution is -0.130. The number of hydroxylamine groups is 1.